The van der Waals surface area contributed by atoms with Crippen LogP contribution < -0.4 is 10.2 Å². The summed E-state index contributed by atoms with van der Waals surface area (Å²) in [7, 11) is 0. The summed E-state index contributed by atoms with van der Waals surface area (Å²) in [6.45, 7) is 1.96. The lowest BCUT2D eigenvalue weighted by Crippen LogP contribution is -2.30. The number of carbonyl (C=O) groups excluding carboxylic acids is 1. The second-order valence-electron chi connectivity index (χ2n) is 6.46. The standard InChI is InChI=1S/C19H18Cl2N4OS2/c1-27-19-23-16(25-8-3-2-4-9-25)11-10-14(28-18(11)24-19)17(26)22-15-12(20)6-5-7-13(15)21/h5-7,10H,2-4,8-9H2,1H3,(H,22,26). The fraction of sp³-hybridized carbons (Fsp3) is 0.316. The molecule has 3 aromatic rings. The van der Waals surface area contributed by atoms with Crippen LogP contribution in [0.25, 0.3) is 10.2 Å². The van der Waals surface area contributed by atoms with Gasteiger partial charge in [-0.1, -0.05) is 41.0 Å². The van der Waals surface area contributed by atoms with Crippen LogP contribution in [0.15, 0.2) is 29.4 Å². The molecule has 0 unspecified atom stereocenters. The summed E-state index contributed by atoms with van der Waals surface area (Å²) in [4.78, 5) is 25.9. The van der Waals surface area contributed by atoms with Gasteiger partial charge in [0.05, 0.1) is 26.0 Å². The highest BCUT2D eigenvalue weighted by Crippen LogP contribution is 2.35. The molecule has 0 atom stereocenters. The third-order valence-corrected chi connectivity index (χ3v) is 6.82. The topological polar surface area (TPSA) is 58.1 Å². The molecule has 0 bridgehead atoms. The number of carbonyl (C=O) groups is 1. The van der Waals surface area contributed by atoms with Crippen molar-refractivity contribution in [1.29, 1.82) is 0 Å². The van der Waals surface area contributed by atoms with Crippen LogP contribution in [-0.4, -0.2) is 35.2 Å². The SMILES string of the molecule is CSc1nc(N2CCCCC2)c2cc(C(=O)Nc3c(Cl)cccc3Cl)sc2n1. The number of para-hydroxylation sites is 1. The number of aromatic nitrogens is 2. The van der Waals surface area contributed by atoms with Crippen LogP contribution in [0, 0.1) is 0 Å². The summed E-state index contributed by atoms with van der Waals surface area (Å²) < 4.78 is 0. The van der Waals surface area contributed by atoms with E-state index in [-0.39, 0.29) is 5.91 Å². The number of hydrogen-bond donors (Lipinski definition) is 1. The Morgan fingerprint density at radius 1 is 1.18 bits per heavy atom. The van der Waals surface area contributed by atoms with E-state index in [1.807, 2.05) is 12.3 Å². The van der Waals surface area contributed by atoms with Crippen molar-refractivity contribution in [3.63, 3.8) is 0 Å². The number of hydrogen-bond acceptors (Lipinski definition) is 6. The van der Waals surface area contributed by atoms with Crippen LogP contribution in [0.2, 0.25) is 10.0 Å². The monoisotopic (exact) mass is 452 g/mol. The third-order valence-electron chi connectivity index (χ3n) is 4.62. The van der Waals surface area contributed by atoms with E-state index in [1.165, 1.54) is 29.5 Å². The Labute approximate surface area is 181 Å². The van der Waals surface area contributed by atoms with Gasteiger partial charge in [-0.05, 0) is 43.7 Å². The minimum atomic E-state index is -0.256. The van der Waals surface area contributed by atoms with Crippen LogP contribution in [-0.2, 0) is 0 Å². The number of rotatable bonds is 4. The van der Waals surface area contributed by atoms with Crippen molar-refractivity contribution in [3.05, 3.63) is 39.2 Å². The van der Waals surface area contributed by atoms with E-state index in [1.54, 1.807) is 18.2 Å². The van der Waals surface area contributed by atoms with Crippen molar-refractivity contribution in [2.24, 2.45) is 0 Å². The van der Waals surface area contributed by atoms with Crippen LogP contribution >= 0.6 is 46.3 Å². The molecule has 3 heterocycles. The molecule has 1 saturated heterocycles. The van der Waals surface area contributed by atoms with Gasteiger partial charge in [0.15, 0.2) is 5.16 Å². The molecule has 4 rings (SSSR count). The Kier molecular flexibility index (Phi) is 5.96. The molecular formula is C19H18Cl2N4OS2. The van der Waals surface area contributed by atoms with Crippen LogP contribution in [0.3, 0.4) is 0 Å². The zero-order valence-corrected chi connectivity index (χ0v) is 18.3. The molecule has 1 aliphatic rings. The van der Waals surface area contributed by atoms with E-state index in [9.17, 15) is 4.79 Å². The molecule has 1 amide bonds. The highest BCUT2D eigenvalue weighted by atomic mass is 35.5. The van der Waals surface area contributed by atoms with Crippen molar-refractivity contribution in [3.8, 4) is 0 Å². The van der Waals surface area contributed by atoms with E-state index < -0.39 is 0 Å². The molecule has 9 heteroatoms. The number of nitrogens with zero attached hydrogens (tertiary/aromatic N) is 3. The van der Waals surface area contributed by atoms with E-state index >= 15 is 0 Å². The lowest BCUT2D eigenvalue weighted by Gasteiger charge is -2.28. The van der Waals surface area contributed by atoms with Crippen molar-refractivity contribution >= 4 is 73.9 Å². The fourth-order valence-corrected chi connectivity index (χ4v) is 5.06. The van der Waals surface area contributed by atoms with Crippen molar-refractivity contribution in [1.82, 2.24) is 9.97 Å². The summed E-state index contributed by atoms with van der Waals surface area (Å²) in [5, 5.41) is 5.27. The van der Waals surface area contributed by atoms with Gasteiger partial charge in [-0.15, -0.1) is 11.3 Å². The summed E-state index contributed by atoms with van der Waals surface area (Å²) in [5.41, 5.74) is 0.417. The van der Waals surface area contributed by atoms with Crippen molar-refractivity contribution in [2.45, 2.75) is 24.4 Å². The number of piperidine rings is 1. The maximum Gasteiger partial charge on any atom is 0.265 e. The molecule has 0 saturated carbocycles. The van der Waals surface area contributed by atoms with Gasteiger partial charge in [-0.25, -0.2) is 9.97 Å². The van der Waals surface area contributed by atoms with E-state index in [0.717, 1.165) is 47.1 Å². The smallest absolute Gasteiger partial charge is 0.265 e. The average molecular weight is 453 g/mol. The maximum atomic E-state index is 12.8. The van der Waals surface area contributed by atoms with E-state index in [4.69, 9.17) is 28.2 Å². The minimum Gasteiger partial charge on any atom is -0.356 e. The normalized spacial score (nSPS) is 14.5. The molecule has 5 nitrogen and oxygen atoms in total. The number of thioether (sulfide) groups is 1. The summed E-state index contributed by atoms with van der Waals surface area (Å²) in [5.74, 6) is 0.661. The van der Waals surface area contributed by atoms with Crippen molar-refractivity contribution in [2.75, 3.05) is 29.6 Å². The summed E-state index contributed by atoms with van der Waals surface area (Å²) in [6, 6.07) is 7.00. The third kappa shape index (κ3) is 3.94. The predicted octanol–water partition coefficient (Wildman–Crippen LogP) is 5.96. The second-order valence-corrected chi connectivity index (χ2v) is 9.08. The first kappa shape index (κ1) is 19.8. The Balaban J connectivity index is 1.71. The average Bonchev–Trinajstić information content (AvgIpc) is 3.15. The van der Waals surface area contributed by atoms with E-state index in [2.05, 4.69) is 15.2 Å². The number of thiophene rings is 1. The highest BCUT2D eigenvalue weighted by Gasteiger charge is 2.21. The molecular weight excluding hydrogens is 435 g/mol. The molecule has 0 radical (unpaired) electrons. The number of anilines is 2. The molecule has 28 heavy (non-hydrogen) atoms. The second kappa shape index (κ2) is 8.45. The van der Waals surface area contributed by atoms with Crippen LogP contribution in [0.5, 0.6) is 0 Å². The molecule has 1 aromatic carbocycles. The number of amides is 1. The van der Waals surface area contributed by atoms with Gasteiger partial charge in [-0.2, -0.15) is 0 Å². The Hall–Kier alpha value is -1.54. The first-order valence-corrected chi connectivity index (χ1v) is 11.7. The zero-order chi connectivity index (χ0) is 19.7. The zero-order valence-electron chi connectivity index (χ0n) is 15.2. The van der Waals surface area contributed by atoms with Gasteiger partial charge in [0, 0.05) is 13.1 Å². The molecule has 0 aliphatic carbocycles. The predicted molar refractivity (Wildman–Crippen MR) is 120 cm³/mol. The van der Waals surface area contributed by atoms with Gasteiger partial charge in [-0.3, -0.25) is 4.79 Å². The van der Waals surface area contributed by atoms with Gasteiger partial charge in [0.2, 0.25) is 0 Å². The largest absolute Gasteiger partial charge is 0.356 e. The molecule has 1 N–H and O–H groups in total. The van der Waals surface area contributed by atoms with E-state index in [0.29, 0.717) is 20.6 Å². The first-order valence-electron chi connectivity index (χ1n) is 8.92. The fourth-order valence-electron chi connectivity index (χ4n) is 3.23. The number of fused-ring (bicyclic) bond motifs is 1. The van der Waals surface area contributed by atoms with Crippen molar-refractivity contribution < 1.29 is 4.79 Å². The minimum absolute atomic E-state index is 0.256. The van der Waals surface area contributed by atoms with Gasteiger partial charge < -0.3 is 10.2 Å². The highest BCUT2D eigenvalue weighted by molar-refractivity contribution is 7.98. The van der Waals surface area contributed by atoms with Crippen LogP contribution in [0.4, 0.5) is 11.5 Å². The molecule has 0 spiro atoms. The maximum absolute atomic E-state index is 12.8. The quantitative estimate of drug-likeness (QED) is 0.390. The lowest BCUT2D eigenvalue weighted by molar-refractivity contribution is 0.103. The summed E-state index contributed by atoms with van der Waals surface area (Å²) in [6.07, 6.45) is 5.52. The first-order chi connectivity index (χ1) is 13.6. The van der Waals surface area contributed by atoms with Gasteiger partial charge in [0.1, 0.15) is 10.6 Å². The van der Waals surface area contributed by atoms with Gasteiger partial charge in [0.25, 0.3) is 5.91 Å². The Bertz CT molecular complexity index is 1010. The number of nitrogens with one attached hydrogen (secondary N) is 1. The molecule has 1 fully saturated rings. The van der Waals surface area contributed by atoms with Gasteiger partial charge >= 0.3 is 0 Å². The molecule has 2 aromatic heterocycles. The van der Waals surface area contributed by atoms with Crippen LogP contribution in [0.1, 0.15) is 28.9 Å². The summed E-state index contributed by atoms with van der Waals surface area (Å²) >= 11 is 15.2. The number of benzene rings is 1. The lowest BCUT2D eigenvalue weighted by atomic mass is 10.1. The number of halogens is 2. The molecule has 1 aliphatic heterocycles. The molecule has 146 valence electrons. The Morgan fingerprint density at radius 3 is 2.57 bits per heavy atom. The Morgan fingerprint density at radius 2 is 1.89 bits per heavy atom.